The molecule has 0 aromatic heterocycles. The number of esters is 1. The van der Waals surface area contributed by atoms with Crippen LogP contribution in [0, 0.1) is 0 Å². The minimum absolute atomic E-state index is 0.0140. The molecule has 0 N–H and O–H groups in total. The highest BCUT2D eigenvalue weighted by Gasteiger charge is 2.06. The summed E-state index contributed by atoms with van der Waals surface area (Å²) in [7, 11) is 0. The number of ether oxygens (including phenoxy) is 3. The van der Waals surface area contributed by atoms with Gasteiger partial charge in [-0.1, -0.05) is 6.58 Å². The molecule has 0 aromatic carbocycles. The van der Waals surface area contributed by atoms with Crippen LogP contribution in [0.15, 0.2) is 12.7 Å². The number of ketones is 1. The van der Waals surface area contributed by atoms with Gasteiger partial charge in [-0.3, -0.25) is 4.79 Å². The van der Waals surface area contributed by atoms with Gasteiger partial charge in [0.2, 0.25) is 0 Å². The van der Waals surface area contributed by atoms with Gasteiger partial charge in [-0.2, -0.15) is 0 Å². The van der Waals surface area contributed by atoms with Crippen LogP contribution in [0.4, 0.5) is 0 Å². The molecule has 0 bridgehead atoms. The summed E-state index contributed by atoms with van der Waals surface area (Å²) in [6.45, 7) is 7.62. The third-order valence-electron chi connectivity index (χ3n) is 1.81. The van der Waals surface area contributed by atoms with Crippen LogP contribution >= 0.6 is 0 Å². The highest BCUT2D eigenvalue weighted by Crippen LogP contribution is 1.91. The first kappa shape index (κ1) is 14.8. The molecule has 1 unspecified atom stereocenters. The SMILES string of the molecule is C=CC(=O)OCCOCCOC(C)C(C)=O. The molecule has 0 radical (unpaired) electrons. The lowest BCUT2D eigenvalue weighted by molar-refractivity contribution is -0.139. The van der Waals surface area contributed by atoms with Crippen LogP contribution in [0.5, 0.6) is 0 Å². The number of hydrogen-bond donors (Lipinski definition) is 0. The van der Waals surface area contributed by atoms with Crippen LogP contribution in [0.3, 0.4) is 0 Å². The Labute approximate surface area is 95.4 Å². The molecule has 0 fully saturated rings. The molecule has 0 aromatic rings. The van der Waals surface area contributed by atoms with Crippen molar-refractivity contribution in [3.8, 4) is 0 Å². The Hall–Kier alpha value is -1.20. The fourth-order valence-corrected chi connectivity index (χ4v) is 0.763. The van der Waals surface area contributed by atoms with Gasteiger partial charge in [0.1, 0.15) is 12.7 Å². The maximum Gasteiger partial charge on any atom is 0.330 e. The largest absolute Gasteiger partial charge is 0.460 e. The molecule has 0 amide bonds. The van der Waals surface area contributed by atoms with Crippen molar-refractivity contribution < 1.29 is 23.8 Å². The van der Waals surface area contributed by atoms with Crippen molar-refractivity contribution in [2.24, 2.45) is 0 Å². The molecule has 5 heteroatoms. The van der Waals surface area contributed by atoms with Crippen molar-refractivity contribution in [3.05, 3.63) is 12.7 Å². The van der Waals surface area contributed by atoms with Gasteiger partial charge >= 0.3 is 5.97 Å². The summed E-state index contributed by atoms with van der Waals surface area (Å²) >= 11 is 0. The minimum Gasteiger partial charge on any atom is -0.460 e. The second-order valence-electron chi connectivity index (χ2n) is 3.11. The van der Waals surface area contributed by atoms with Gasteiger partial charge < -0.3 is 14.2 Å². The van der Waals surface area contributed by atoms with E-state index in [1.54, 1.807) is 6.92 Å². The Kier molecular flexibility index (Phi) is 8.38. The summed E-state index contributed by atoms with van der Waals surface area (Å²) < 4.78 is 14.9. The van der Waals surface area contributed by atoms with Crippen LogP contribution in [0.1, 0.15) is 13.8 Å². The van der Waals surface area contributed by atoms with E-state index in [0.717, 1.165) is 6.08 Å². The molecule has 0 heterocycles. The number of Topliss-reactive ketones (excluding diaryl/α,β-unsaturated/α-hetero) is 1. The van der Waals surface area contributed by atoms with Gasteiger partial charge in [0, 0.05) is 6.08 Å². The van der Waals surface area contributed by atoms with E-state index in [4.69, 9.17) is 9.47 Å². The predicted octanol–water partition coefficient (Wildman–Crippen LogP) is 0.726. The highest BCUT2D eigenvalue weighted by molar-refractivity contribution is 5.81. The molecule has 0 aliphatic heterocycles. The Morgan fingerprint density at radius 2 is 1.88 bits per heavy atom. The lowest BCUT2D eigenvalue weighted by Gasteiger charge is -2.09. The van der Waals surface area contributed by atoms with Crippen LogP contribution < -0.4 is 0 Å². The number of carbonyl (C=O) groups excluding carboxylic acids is 2. The molecule has 0 saturated carbocycles. The molecule has 0 aliphatic rings. The lowest BCUT2D eigenvalue weighted by Crippen LogP contribution is -2.20. The van der Waals surface area contributed by atoms with Crippen molar-refractivity contribution in [3.63, 3.8) is 0 Å². The average molecular weight is 230 g/mol. The average Bonchev–Trinajstić information content (AvgIpc) is 2.26. The number of carbonyl (C=O) groups is 2. The van der Waals surface area contributed by atoms with E-state index in [0.29, 0.717) is 19.8 Å². The van der Waals surface area contributed by atoms with Gasteiger partial charge in [0.25, 0.3) is 0 Å². The topological polar surface area (TPSA) is 61.8 Å². The Morgan fingerprint density at radius 3 is 2.44 bits per heavy atom. The van der Waals surface area contributed by atoms with E-state index in [-0.39, 0.29) is 12.4 Å². The second-order valence-corrected chi connectivity index (χ2v) is 3.11. The van der Waals surface area contributed by atoms with Crippen LogP contribution in [-0.2, 0) is 23.8 Å². The Balaban J connectivity index is 3.25. The van der Waals surface area contributed by atoms with Crippen LogP contribution in [0.25, 0.3) is 0 Å². The van der Waals surface area contributed by atoms with Crippen LogP contribution in [0.2, 0.25) is 0 Å². The Bertz CT molecular complexity index is 237. The maximum absolute atomic E-state index is 10.8. The number of hydrogen-bond acceptors (Lipinski definition) is 5. The fourth-order valence-electron chi connectivity index (χ4n) is 0.763. The molecule has 92 valence electrons. The number of rotatable bonds is 9. The van der Waals surface area contributed by atoms with E-state index in [2.05, 4.69) is 11.3 Å². The minimum atomic E-state index is -0.468. The lowest BCUT2D eigenvalue weighted by atomic mass is 10.3. The predicted molar refractivity (Wildman–Crippen MR) is 58.1 cm³/mol. The van der Waals surface area contributed by atoms with Gasteiger partial charge in [-0.25, -0.2) is 4.79 Å². The highest BCUT2D eigenvalue weighted by atomic mass is 16.6. The van der Waals surface area contributed by atoms with Crippen molar-refractivity contribution >= 4 is 11.8 Å². The standard InChI is InChI=1S/C11H18O5/c1-4-11(13)16-8-6-14-5-7-15-10(3)9(2)12/h4,10H,1,5-8H2,2-3H3. The zero-order valence-electron chi connectivity index (χ0n) is 9.73. The van der Waals surface area contributed by atoms with Gasteiger partial charge in [-0.05, 0) is 13.8 Å². The molecular weight excluding hydrogens is 212 g/mol. The van der Waals surface area contributed by atoms with Crippen LogP contribution in [-0.4, -0.2) is 44.3 Å². The summed E-state index contributed by atoms with van der Waals surface area (Å²) in [6.07, 6.45) is 0.694. The molecule has 16 heavy (non-hydrogen) atoms. The van der Waals surface area contributed by atoms with Crippen molar-refractivity contribution in [1.29, 1.82) is 0 Å². The van der Waals surface area contributed by atoms with Gasteiger partial charge in [0.15, 0.2) is 5.78 Å². The monoisotopic (exact) mass is 230 g/mol. The summed E-state index contributed by atoms with van der Waals surface area (Å²) in [5, 5.41) is 0. The molecule has 1 atom stereocenters. The zero-order chi connectivity index (χ0) is 12.4. The zero-order valence-corrected chi connectivity index (χ0v) is 9.73. The summed E-state index contributed by atoms with van der Waals surface area (Å²) in [4.78, 5) is 21.4. The first-order valence-corrected chi connectivity index (χ1v) is 5.07. The van der Waals surface area contributed by atoms with Crippen molar-refractivity contribution in [2.75, 3.05) is 26.4 Å². The normalized spacial score (nSPS) is 11.9. The van der Waals surface area contributed by atoms with E-state index in [1.165, 1.54) is 6.92 Å². The quantitative estimate of drug-likeness (QED) is 0.332. The molecule has 0 spiro atoms. The Morgan fingerprint density at radius 1 is 1.25 bits per heavy atom. The third-order valence-corrected chi connectivity index (χ3v) is 1.81. The second kappa shape index (κ2) is 9.06. The van der Waals surface area contributed by atoms with E-state index in [9.17, 15) is 9.59 Å². The first-order valence-electron chi connectivity index (χ1n) is 5.07. The van der Waals surface area contributed by atoms with E-state index >= 15 is 0 Å². The van der Waals surface area contributed by atoms with Crippen molar-refractivity contribution in [1.82, 2.24) is 0 Å². The van der Waals surface area contributed by atoms with Gasteiger partial charge in [0.05, 0.1) is 19.8 Å². The fraction of sp³-hybridized carbons (Fsp3) is 0.636. The molecule has 0 saturated heterocycles. The van der Waals surface area contributed by atoms with Crippen molar-refractivity contribution in [2.45, 2.75) is 20.0 Å². The summed E-state index contributed by atoms with van der Waals surface area (Å²) in [6, 6.07) is 0. The molecular formula is C11H18O5. The van der Waals surface area contributed by atoms with E-state index < -0.39 is 12.1 Å². The maximum atomic E-state index is 10.8. The summed E-state index contributed by atoms with van der Waals surface area (Å²) in [5.74, 6) is -0.482. The third kappa shape index (κ3) is 8.14. The summed E-state index contributed by atoms with van der Waals surface area (Å²) in [5.41, 5.74) is 0. The molecule has 5 nitrogen and oxygen atoms in total. The van der Waals surface area contributed by atoms with E-state index in [1.807, 2.05) is 0 Å². The first-order chi connectivity index (χ1) is 7.57. The smallest absolute Gasteiger partial charge is 0.330 e. The molecule has 0 aliphatic carbocycles. The molecule has 0 rings (SSSR count). The van der Waals surface area contributed by atoms with Gasteiger partial charge in [-0.15, -0.1) is 0 Å².